The van der Waals surface area contributed by atoms with Gasteiger partial charge in [0.2, 0.25) is 0 Å². The number of unbranched alkanes of at least 4 members (excludes halogenated alkanes) is 28. The maximum Gasteiger partial charge on any atom is 0.472 e. The Morgan fingerprint density at radius 1 is 0.529 bits per heavy atom. The van der Waals surface area contributed by atoms with Crippen LogP contribution < -0.4 is 0 Å². The first-order valence-electron chi connectivity index (χ1n) is 21.5. The molecule has 0 saturated carbocycles. The molecule has 3 atom stereocenters. The maximum atomic E-state index is 12.6. The summed E-state index contributed by atoms with van der Waals surface area (Å²) in [6, 6.07) is 0. The number of aliphatic hydroxyl groups is 2. The van der Waals surface area contributed by atoms with E-state index in [0.29, 0.717) is 6.61 Å². The van der Waals surface area contributed by atoms with E-state index in [9.17, 15) is 19.4 Å². The molecule has 0 spiro atoms. The monoisotopic (exact) mass is 751 g/mol. The standard InChI is InChI=1S/C41H83O9P/c1-3-5-7-9-11-13-14-15-16-17-18-19-20-21-22-23-24-25-27-29-31-33-41(44)50-40(38-49-51(45,46)48-36-39(43)35-42)37-47-34-32-30-28-26-12-10-8-6-4-2/h39-40,42-43H,3-38H2,1-2H3,(H,45,46). The summed E-state index contributed by atoms with van der Waals surface area (Å²) in [5.74, 6) is -0.377. The van der Waals surface area contributed by atoms with Crippen molar-refractivity contribution >= 4 is 13.8 Å². The van der Waals surface area contributed by atoms with Crippen LogP contribution in [0.25, 0.3) is 0 Å². The van der Waals surface area contributed by atoms with E-state index < -0.39 is 33.2 Å². The molecular weight excluding hydrogens is 667 g/mol. The van der Waals surface area contributed by atoms with Gasteiger partial charge in [0.05, 0.1) is 26.4 Å². The van der Waals surface area contributed by atoms with E-state index in [1.807, 2.05) is 0 Å². The minimum Gasteiger partial charge on any atom is -0.457 e. The Morgan fingerprint density at radius 3 is 1.27 bits per heavy atom. The Hall–Kier alpha value is -0.540. The third-order valence-electron chi connectivity index (χ3n) is 9.54. The first-order chi connectivity index (χ1) is 24.8. The van der Waals surface area contributed by atoms with Crippen molar-refractivity contribution < 1.29 is 43.0 Å². The third-order valence-corrected chi connectivity index (χ3v) is 10.5. The highest BCUT2D eigenvalue weighted by atomic mass is 31.2. The molecule has 0 aliphatic heterocycles. The summed E-state index contributed by atoms with van der Waals surface area (Å²) in [6.45, 7) is 3.55. The van der Waals surface area contributed by atoms with E-state index >= 15 is 0 Å². The number of phosphoric acid groups is 1. The van der Waals surface area contributed by atoms with E-state index in [0.717, 1.165) is 32.1 Å². The zero-order chi connectivity index (χ0) is 37.5. The minimum atomic E-state index is -4.50. The van der Waals surface area contributed by atoms with Gasteiger partial charge in [-0.05, 0) is 12.8 Å². The Balaban J connectivity index is 4.00. The van der Waals surface area contributed by atoms with Crippen molar-refractivity contribution in [1.29, 1.82) is 0 Å². The van der Waals surface area contributed by atoms with E-state index in [1.165, 1.54) is 161 Å². The topological polar surface area (TPSA) is 132 Å². The van der Waals surface area contributed by atoms with E-state index in [4.69, 9.17) is 23.6 Å². The molecule has 0 aliphatic carbocycles. The van der Waals surface area contributed by atoms with Gasteiger partial charge in [0.1, 0.15) is 12.2 Å². The summed E-state index contributed by atoms with van der Waals surface area (Å²) in [7, 11) is -4.50. The minimum absolute atomic E-state index is 0.0569. The molecule has 0 aromatic carbocycles. The van der Waals surface area contributed by atoms with Gasteiger partial charge >= 0.3 is 13.8 Å². The third kappa shape index (κ3) is 39.0. The van der Waals surface area contributed by atoms with Crippen LogP contribution >= 0.6 is 7.82 Å². The highest BCUT2D eigenvalue weighted by molar-refractivity contribution is 7.47. The van der Waals surface area contributed by atoms with Crippen molar-refractivity contribution in [3.05, 3.63) is 0 Å². The molecule has 0 saturated heterocycles. The predicted molar refractivity (Wildman–Crippen MR) is 210 cm³/mol. The number of hydrogen-bond acceptors (Lipinski definition) is 8. The van der Waals surface area contributed by atoms with Crippen molar-refractivity contribution in [1.82, 2.24) is 0 Å². The lowest BCUT2D eigenvalue weighted by Gasteiger charge is -2.20. The maximum absolute atomic E-state index is 12.6. The fourth-order valence-electron chi connectivity index (χ4n) is 6.24. The quantitative estimate of drug-likeness (QED) is 0.0317. The van der Waals surface area contributed by atoms with Gasteiger partial charge in [-0.1, -0.05) is 194 Å². The number of ether oxygens (including phenoxy) is 2. The van der Waals surface area contributed by atoms with Gasteiger partial charge in [-0.15, -0.1) is 0 Å². The van der Waals surface area contributed by atoms with Crippen LogP contribution in [0.15, 0.2) is 0 Å². The average molecular weight is 751 g/mol. The van der Waals surface area contributed by atoms with Crippen molar-refractivity contribution in [2.75, 3.05) is 33.0 Å². The van der Waals surface area contributed by atoms with Gasteiger partial charge in [0.15, 0.2) is 0 Å². The molecule has 0 bridgehead atoms. The largest absolute Gasteiger partial charge is 0.472 e. The van der Waals surface area contributed by atoms with Gasteiger partial charge < -0.3 is 24.6 Å². The number of esters is 1. The molecule has 0 aromatic heterocycles. The lowest BCUT2D eigenvalue weighted by atomic mass is 10.0. The highest BCUT2D eigenvalue weighted by Gasteiger charge is 2.26. The van der Waals surface area contributed by atoms with E-state index in [-0.39, 0.29) is 25.6 Å². The molecule has 0 aromatic rings. The molecule has 0 heterocycles. The first-order valence-corrected chi connectivity index (χ1v) is 23.0. The number of aliphatic hydroxyl groups excluding tert-OH is 2. The van der Waals surface area contributed by atoms with E-state index in [2.05, 4.69) is 13.8 Å². The van der Waals surface area contributed by atoms with Crippen LogP contribution in [0.4, 0.5) is 0 Å². The molecule has 3 N–H and O–H groups in total. The number of carbonyl (C=O) groups is 1. The van der Waals surface area contributed by atoms with Crippen LogP contribution in [0.2, 0.25) is 0 Å². The lowest BCUT2D eigenvalue weighted by molar-refractivity contribution is -0.154. The SMILES string of the molecule is CCCCCCCCCCCCCCCCCCCCCCCC(=O)OC(COCCCCCCCCCCC)COP(=O)(O)OCC(O)CO. The predicted octanol–water partition coefficient (Wildman–Crippen LogP) is 11.5. The second-order valence-corrected chi connectivity index (χ2v) is 16.2. The molecule has 0 amide bonds. The van der Waals surface area contributed by atoms with E-state index in [1.54, 1.807) is 0 Å². The van der Waals surface area contributed by atoms with Crippen LogP contribution in [0.5, 0.6) is 0 Å². The van der Waals surface area contributed by atoms with Gasteiger partial charge in [-0.25, -0.2) is 4.57 Å². The fourth-order valence-corrected chi connectivity index (χ4v) is 7.03. The molecule has 0 rings (SSSR count). The number of hydrogen-bond donors (Lipinski definition) is 3. The Morgan fingerprint density at radius 2 is 0.882 bits per heavy atom. The second kappa shape index (κ2) is 39.2. The van der Waals surface area contributed by atoms with Crippen LogP contribution in [0.1, 0.15) is 213 Å². The van der Waals surface area contributed by atoms with Gasteiger partial charge in [0, 0.05) is 13.0 Å². The van der Waals surface area contributed by atoms with Crippen LogP contribution in [-0.2, 0) is 27.9 Å². The van der Waals surface area contributed by atoms with Crippen LogP contribution in [0.3, 0.4) is 0 Å². The summed E-state index contributed by atoms with van der Waals surface area (Å²) in [5.41, 5.74) is 0. The summed E-state index contributed by atoms with van der Waals surface area (Å²) in [6.07, 6.45) is 36.4. The number of carbonyl (C=O) groups excluding carboxylic acids is 1. The van der Waals surface area contributed by atoms with Gasteiger partial charge in [0.25, 0.3) is 0 Å². The van der Waals surface area contributed by atoms with Crippen LogP contribution in [0, 0.1) is 0 Å². The van der Waals surface area contributed by atoms with Crippen molar-refractivity contribution in [3.8, 4) is 0 Å². The summed E-state index contributed by atoms with van der Waals surface area (Å²) in [5, 5.41) is 18.3. The molecule has 10 heteroatoms. The smallest absolute Gasteiger partial charge is 0.457 e. The first kappa shape index (κ1) is 50.5. The average Bonchev–Trinajstić information content (AvgIpc) is 3.12. The second-order valence-electron chi connectivity index (χ2n) is 14.7. The summed E-state index contributed by atoms with van der Waals surface area (Å²) < 4.78 is 33.3. The Bertz CT molecular complexity index is 769. The van der Waals surface area contributed by atoms with Crippen molar-refractivity contribution in [3.63, 3.8) is 0 Å². The molecule has 9 nitrogen and oxygen atoms in total. The number of phosphoric ester groups is 1. The molecule has 0 radical (unpaired) electrons. The van der Waals surface area contributed by atoms with Gasteiger partial charge in [-0.2, -0.15) is 0 Å². The molecule has 0 fully saturated rings. The summed E-state index contributed by atoms with van der Waals surface area (Å²) >= 11 is 0. The molecule has 306 valence electrons. The summed E-state index contributed by atoms with van der Waals surface area (Å²) in [4.78, 5) is 22.5. The number of rotatable bonds is 42. The Labute approximate surface area is 314 Å². The lowest BCUT2D eigenvalue weighted by Crippen LogP contribution is -2.29. The van der Waals surface area contributed by atoms with Crippen LogP contribution in [-0.4, -0.2) is 66.3 Å². The normalized spacial score (nSPS) is 14.1. The zero-order valence-electron chi connectivity index (χ0n) is 33.3. The molecular formula is C41H83O9P. The van der Waals surface area contributed by atoms with Gasteiger partial charge in [-0.3, -0.25) is 13.8 Å². The van der Waals surface area contributed by atoms with Crippen molar-refractivity contribution in [2.24, 2.45) is 0 Å². The zero-order valence-corrected chi connectivity index (χ0v) is 34.2. The Kier molecular flexibility index (Phi) is 38.7. The highest BCUT2D eigenvalue weighted by Crippen LogP contribution is 2.43. The fraction of sp³-hybridized carbons (Fsp3) is 0.976. The van der Waals surface area contributed by atoms with Crippen molar-refractivity contribution in [2.45, 2.75) is 225 Å². The molecule has 0 aliphatic rings. The molecule has 51 heavy (non-hydrogen) atoms. The molecule has 3 unspecified atom stereocenters.